The molecule has 5 rings (SSSR count). The largest absolute Gasteiger partial charge is 0.457 e. The fraction of sp³-hybridized carbons (Fsp3) is 0.200. The van der Waals surface area contributed by atoms with Gasteiger partial charge in [-0.2, -0.15) is 0 Å². The van der Waals surface area contributed by atoms with Gasteiger partial charge in [0.25, 0.3) is 23.6 Å². The van der Waals surface area contributed by atoms with Crippen LogP contribution in [0.3, 0.4) is 0 Å². The maximum absolute atomic E-state index is 12.4. The molecular formula is C25H18N2O8. The van der Waals surface area contributed by atoms with Gasteiger partial charge in [0.1, 0.15) is 25.3 Å². The third-order valence-corrected chi connectivity index (χ3v) is 5.90. The first-order chi connectivity index (χ1) is 16.8. The van der Waals surface area contributed by atoms with E-state index in [2.05, 4.69) is 0 Å². The summed E-state index contributed by atoms with van der Waals surface area (Å²) in [4.78, 5) is 75.9. The van der Waals surface area contributed by atoms with E-state index in [1.165, 1.54) is 36.4 Å². The Bertz CT molecular complexity index is 1160. The Morgan fingerprint density at radius 1 is 0.629 bits per heavy atom. The number of benzene rings is 2. The van der Waals surface area contributed by atoms with Crippen LogP contribution in [0.4, 0.5) is 0 Å². The molecule has 0 bridgehead atoms. The van der Waals surface area contributed by atoms with Crippen LogP contribution in [0, 0.1) is 0 Å². The van der Waals surface area contributed by atoms with Gasteiger partial charge in [-0.25, -0.2) is 0 Å². The molecule has 10 nitrogen and oxygen atoms in total. The number of amides is 4. The number of rotatable bonds is 6. The SMILES string of the molecule is O=C(CN1C(=O)c2ccccc2C1=O)OC1C=C[C@@H](OC(=O)CN2C(=O)c3ccccc3C2=O)C1. The van der Waals surface area contributed by atoms with Gasteiger partial charge in [-0.15, -0.1) is 0 Å². The third-order valence-electron chi connectivity index (χ3n) is 5.90. The zero-order chi connectivity index (χ0) is 24.7. The molecule has 0 spiro atoms. The van der Waals surface area contributed by atoms with E-state index in [9.17, 15) is 28.8 Å². The highest BCUT2D eigenvalue weighted by Crippen LogP contribution is 2.24. The van der Waals surface area contributed by atoms with E-state index >= 15 is 0 Å². The lowest BCUT2D eigenvalue weighted by atomic mass is 10.1. The average molecular weight is 474 g/mol. The standard InChI is InChI=1S/C25H18N2O8/c28-20(12-26-22(30)16-5-1-2-6-17(16)23(26)31)34-14-9-10-15(11-14)35-21(29)13-27-24(32)18-7-3-4-8-19(18)25(27)33/h1-10,14-15H,11-13H2/t14-,15?/m1/s1. The second-order valence-electron chi connectivity index (χ2n) is 8.16. The summed E-state index contributed by atoms with van der Waals surface area (Å²) in [6, 6.07) is 12.6. The van der Waals surface area contributed by atoms with Crippen LogP contribution in [-0.4, -0.2) is 70.7 Å². The summed E-state index contributed by atoms with van der Waals surface area (Å²) >= 11 is 0. The number of nitrogens with zero attached hydrogens (tertiary/aromatic N) is 2. The Labute approximate surface area is 198 Å². The molecule has 2 atom stereocenters. The predicted octanol–water partition coefficient (Wildman–Crippen LogP) is 1.36. The number of carbonyl (C=O) groups excluding carboxylic acids is 6. The maximum atomic E-state index is 12.4. The van der Waals surface area contributed by atoms with Gasteiger partial charge in [-0.3, -0.25) is 38.6 Å². The second kappa shape index (κ2) is 8.64. The summed E-state index contributed by atoms with van der Waals surface area (Å²) in [6.07, 6.45) is 1.73. The summed E-state index contributed by atoms with van der Waals surface area (Å²) in [5, 5.41) is 0. The summed E-state index contributed by atoms with van der Waals surface area (Å²) in [6.45, 7) is -1.08. The van der Waals surface area contributed by atoms with Crippen LogP contribution < -0.4 is 0 Å². The maximum Gasteiger partial charge on any atom is 0.326 e. The van der Waals surface area contributed by atoms with Gasteiger partial charge in [-0.05, 0) is 36.4 Å². The fourth-order valence-electron chi connectivity index (χ4n) is 4.24. The predicted molar refractivity (Wildman–Crippen MR) is 117 cm³/mol. The molecule has 2 aromatic carbocycles. The van der Waals surface area contributed by atoms with Crippen LogP contribution >= 0.6 is 0 Å². The Balaban J connectivity index is 1.11. The minimum Gasteiger partial charge on any atom is -0.457 e. The normalized spacial score (nSPS) is 20.3. The van der Waals surface area contributed by atoms with E-state index in [-0.39, 0.29) is 28.7 Å². The molecule has 2 aliphatic heterocycles. The number of hydrogen-bond acceptors (Lipinski definition) is 8. The van der Waals surface area contributed by atoms with Crippen molar-refractivity contribution in [1.29, 1.82) is 0 Å². The lowest BCUT2D eigenvalue weighted by molar-refractivity contribution is -0.150. The Kier molecular flexibility index (Phi) is 5.48. The van der Waals surface area contributed by atoms with Gasteiger partial charge in [0, 0.05) is 6.42 Å². The van der Waals surface area contributed by atoms with Crippen molar-refractivity contribution in [3.8, 4) is 0 Å². The number of carbonyl (C=O) groups is 6. The first-order valence-corrected chi connectivity index (χ1v) is 10.8. The summed E-state index contributed by atoms with van der Waals surface area (Å²) < 4.78 is 10.6. The monoisotopic (exact) mass is 474 g/mol. The van der Waals surface area contributed by atoms with Gasteiger partial charge in [-0.1, -0.05) is 24.3 Å². The topological polar surface area (TPSA) is 127 Å². The fourth-order valence-corrected chi connectivity index (χ4v) is 4.24. The van der Waals surface area contributed by atoms with Crippen molar-refractivity contribution in [1.82, 2.24) is 9.80 Å². The Morgan fingerprint density at radius 2 is 0.943 bits per heavy atom. The molecule has 35 heavy (non-hydrogen) atoms. The molecule has 0 saturated heterocycles. The van der Waals surface area contributed by atoms with Crippen LogP contribution in [0.5, 0.6) is 0 Å². The van der Waals surface area contributed by atoms with E-state index in [4.69, 9.17) is 9.47 Å². The summed E-state index contributed by atoms with van der Waals surface area (Å²) in [7, 11) is 0. The van der Waals surface area contributed by atoms with E-state index in [0.717, 1.165) is 9.80 Å². The van der Waals surface area contributed by atoms with Crippen molar-refractivity contribution in [2.45, 2.75) is 18.6 Å². The molecule has 1 aliphatic carbocycles. The first-order valence-electron chi connectivity index (χ1n) is 10.8. The van der Waals surface area contributed by atoms with E-state index in [0.29, 0.717) is 0 Å². The molecule has 0 saturated carbocycles. The van der Waals surface area contributed by atoms with Crippen molar-refractivity contribution < 1.29 is 38.2 Å². The van der Waals surface area contributed by atoms with Crippen LogP contribution in [0.2, 0.25) is 0 Å². The molecule has 176 valence electrons. The molecule has 2 heterocycles. The van der Waals surface area contributed by atoms with Crippen molar-refractivity contribution in [3.05, 3.63) is 82.9 Å². The molecule has 10 heteroatoms. The number of hydrogen-bond donors (Lipinski definition) is 0. The lowest BCUT2D eigenvalue weighted by Gasteiger charge is -2.18. The van der Waals surface area contributed by atoms with Crippen molar-refractivity contribution >= 4 is 35.6 Å². The Morgan fingerprint density at radius 3 is 1.26 bits per heavy atom. The molecule has 0 fully saturated rings. The zero-order valence-electron chi connectivity index (χ0n) is 18.2. The van der Waals surface area contributed by atoms with Gasteiger partial charge < -0.3 is 9.47 Å². The van der Waals surface area contributed by atoms with Crippen LogP contribution in [0.15, 0.2) is 60.7 Å². The molecule has 3 aliphatic rings. The van der Waals surface area contributed by atoms with Gasteiger partial charge >= 0.3 is 11.9 Å². The minimum absolute atomic E-state index is 0.127. The second-order valence-corrected chi connectivity index (χ2v) is 8.16. The van der Waals surface area contributed by atoms with Crippen molar-refractivity contribution in [2.75, 3.05) is 13.1 Å². The van der Waals surface area contributed by atoms with Gasteiger partial charge in [0.2, 0.25) is 0 Å². The first kappa shape index (κ1) is 22.2. The average Bonchev–Trinajstić information content (AvgIpc) is 3.46. The van der Waals surface area contributed by atoms with E-state index < -0.39 is 60.9 Å². The number of ether oxygens (including phenoxy) is 2. The molecule has 4 amide bonds. The molecule has 0 N–H and O–H groups in total. The van der Waals surface area contributed by atoms with Gasteiger partial charge in [0.05, 0.1) is 22.3 Å². The molecule has 0 radical (unpaired) electrons. The van der Waals surface area contributed by atoms with Gasteiger partial charge in [0.15, 0.2) is 0 Å². The van der Waals surface area contributed by atoms with Crippen LogP contribution in [0.1, 0.15) is 47.9 Å². The highest BCUT2D eigenvalue weighted by molar-refractivity contribution is 6.23. The quantitative estimate of drug-likeness (QED) is 0.349. The number of esters is 2. The zero-order valence-corrected chi connectivity index (χ0v) is 18.2. The molecular weight excluding hydrogens is 456 g/mol. The molecule has 2 aromatic rings. The third kappa shape index (κ3) is 3.99. The molecule has 0 aromatic heterocycles. The lowest BCUT2D eigenvalue weighted by Crippen LogP contribution is -2.37. The minimum atomic E-state index is -0.785. The summed E-state index contributed by atoms with van der Waals surface area (Å²) in [5.41, 5.74) is 0.930. The number of imide groups is 2. The van der Waals surface area contributed by atoms with Crippen molar-refractivity contribution in [3.63, 3.8) is 0 Å². The molecule has 1 unspecified atom stereocenters. The smallest absolute Gasteiger partial charge is 0.326 e. The highest BCUT2D eigenvalue weighted by atomic mass is 16.6. The summed E-state index contributed by atoms with van der Waals surface area (Å²) in [5.74, 6) is -3.83. The van der Waals surface area contributed by atoms with Crippen LogP contribution in [-0.2, 0) is 19.1 Å². The van der Waals surface area contributed by atoms with E-state index in [1.54, 1.807) is 24.3 Å². The van der Waals surface area contributed by atoms with E-state index in [1.807, 2.05) is 0 Å². The van der Waals surface area contributed by atoms with Crippen LogP contribution in [0.25, 0.3) is 0 Å². The Hall–Kier alpha value is -4.60. The number of fused-ring (bicyclic) bond motifs is 2. The highest BCUT2D eigenvalue weighted by Gasteiger charge is 2.38. The van der Waals surface area contributed by atoms with Crippen molar-refractivity contribution in [2.24, 2.45) is 0 Å².